The second kappa shape index (κ2) is 7.26. The van der Waals surface area contributed by atoms with Crippen molar-refractivity contribution < 1.29 is 8.42 Å². The van der Waals surface area contributed by atoms with Gasteiger partial charge in [0, 0.05) is 24.7 Å². The number of imidazole rings is 1. The summed E-state index contributed by atoms with van der Waals surface area (Å²) in [4.78, 5) is 4.89. The quantitative estimate of drug-likeness (QED) is 0.659. The molecule has 0 aliphatic carbocycles. The van der Waals surface area contributed by atoms with E-state index in [0.717, 1.165) is 36.2 Å². The van der Waals surface area contributed by atoms with Crippen molar-refractivity contribution in [2.45, 2.75) is 31.2 Å². The van der Waals surface area contributed by atoms with Crippen LogP contribution in [-0.2, 0) is 16.6 Å². The van der Waals surface area contributed by atoms with Crippen LogP contribution in [0.15, 0.2) is 53.4 Å². The van der Waals surface area contributed by atoms with E-state index in [0.29, 0.717) is 24.0 Å². The first-order valence-electron chi connectivity index (χ1n) is 9.13. The summed E-state index contributed by atoms with van der Waals surface area (Å²) < 4.78 is 29.5. The average Bonchev–Trinajstić information content (AvgIpc) is 2.98. The Kier molecular flexibility index (Phi) is 4.97. The number of fused-ring (bicyclic) bond motifs is 1. The minimum atomic E-state index is -3.48. The smallest absolute Gasteiger partial charge is 0.243 e. The predicted molar refractivity (Wildman–Crippen MR) is 107 cm³/mol. The van der Waals surface area contributed by atoms with Crippen molar-refractivity contribution in [1.82, 2.24) is 13.9 Å². The highest BCUT2D eigenvalue weighted by molar-refractivity contribution is 7.89. The number of benzene rings is 2. The number of aromatic nitrogens is 2. The van der Waals surface area contributed by atoms with Gasteiger partial charge in [-0.2, -0.15) is 4.31 Å². The summed E-state index contributed by atoms with van der Waals surface area (Å²) in [6.45, 7) is 3.96. The summed E-state index contributed by atoms with van der Waals surface area (Å²) in [5.74, 6) is 1.44. The predicted octanol–water partition coefficient (Wildman–Crippen LogP) is 4.10. The molecule has 0 saturated carbocycles. The summed E-state index contributed by atoms with van der Waals surface area (Å²) in [5.41, 5.74) is 2.15. The van der Waals surface area contributed by atoms with Gasteiger partial charge in [0.05, 0.1) is 15.9 Å². The SMILES string of the molecule is Cc1nc2ccccc2n1CC1CCN(S(=O)(=O)c2cccc(Cl)c2)CC1. The zero-order valence-electron chi connectivity index (χ0n) is 15.2. The van der Waals surface area contributed by atoms with Crippen LogP contribution in [0.3, 0.4) is 0 Å². The molecule has 27 heavy (non-hydrogen) atoms. The molecule has 3 aromatic rings. The van der Waals surface area contributed by atoms with E-state index in [1.807, 2.05) is 25.1 Å². The Hall–Kier alpha value is -1.89. The third kappa shape index (κ3) is 3.61. The highest BCUT2D eigenvalue weighted by Gasteiger charge is 2.30. The molecular formula is C20H22ClN3O2S. The zero-order valence-corrected chi connectivity index (χ0v) is 16.7. The van der Waals surface area contributed by atoms with Crippen molar-refractivity contribution >= 4 is 32.7 Å². The number of hydrogen-bond acceptors (Lipinski definition) is 3. The fraction of sp³-hybridized carbons (Fsp3) is 0.350. The minimum absolute atomic E-state index is 0.268. The molecule has 0 radical (unpaired) electrons. The molecule has 0 bridgehead atoms. The van der Waals surface area contributed by atoms with Gasteiger partial charge in [0.2, 0.25) is 10.0 Å². The molecule has 0 N–H and O–H groups in total. The second-order valence-corrected chi connectivity index (χ2v) is 9.44. The number of para-hydroxylation sites is 2. The average molecular weight is 404 g/mol. The monoisotopic (exact) mass is 403 g/mol. The normalized spacial score (nSPS) is 16.8. The fourth-order valence-corrected chi connectivity index (χ4v) is 5.56. The number of rotatable bonds is 4. The Morgan fingerprint density at radius 2 is 1.85 bits per heavy atom. The van der Waals surface area contributed by atoms with E-state index in [1.165, 1.54) is 6.07 Å². The van der Waals surface area contributed by atoms with Crippen LogP contribution in [0.5, 0.6) is 0 Å². The second-order valence-electron chi connectivity index (χ2n) is 7.06. The van der Waals surface area contributed by atoms with Gasteiger partial charge in [-0.15, -0.1) is 0 Å². The van der Waals surface area contributed by atoms with Crippen molar-refractivity contribution in [3.63, 3.8) is 0 Å². The van der Waals surface area contributed by atoms with Gasteiger partial charge in [-0.25, -0.2) is 13.4 Å². The first-order valence-corrected chi connectivity index (χ1v) is 10.9. The lowest BCUT2D eigenvalue weighted by Crippen LogP contribution is -2.39. The van der Waals surface area contributed by atoms with Crippen LogP contribution in [0.1, 0.15) is 18.7 Å². The molecule has 0 amide bonds. The van der Waals surface area contributed by atoms with Gasteiger partial charge >= 0.3 is 0 Å². The molecule has 7 heteroatoms. The molecule has 2 aromatic carbocycles. The number of nitrogens with zero attached hydrogens (tertiary/aromatic N) is 3. The Morgan fingerprint density at radius 3 is 2.59 bits per heavy atom. The molecule has 0 unspecified atom stereocenters. The van der Waals surface area contributed by atoms with Crippen LogP contribution < -0.4 is 0 Å². The lowest BCUT2D eigenvalue weighted by atomic mass is 9.98. The lowest BCUT2D eigenvalue weighted by Gasteiger charge is -2.31. The van der Waals surface area contributed by atoms with Gasteiger partial charge in [-0.3, -0.25) is 0 Å². The third-order valence-electron chi connectivity index (χ3n) is 5.29. The molecule has 1 aromatic heterocycles. The van der Waals surface area contributed by atoms with Gasteiger partial charge in [0.25, 0.3) is 0 Å². The first kappa shape index (κ1) is 18.5. The van der Waals surface area contributed by atoms with E-state index in [2.05, 4.69) is 15.6 Å². The van der Waals surface area contributed by atoms with Crippen LogP contribution in [0, 0.1) is 12.8 Å². The molecule has 5 nitrogen and oxygen atoms in total. The highest BCUT2D eigenvalue weighted by Crippen LogP contribution is 2.27. The Balaban J connectivity index is 1.47. The largest absolute Gasteiger partial charge is 0.328 e. The summed E-state index contributed by atoms with van der Waals surface area (Å²) in [7, 11) is -3.48. The minimum Gasteiger partial charge on any atom is -0.328 e. The van der Waals surface area contributed by atoms with Crippen LogP contribution in [0.4, 0.5) is 0 Å². The van der Waals surface area contributed by atoms with E-state index < -0.39 is 10.0 Å². The number of sulfonamides is 1. The molecule has 1 fully saturated rings. The maximum Gasteiger partial charge on any atom is 0.243 e. The summed E-state index contributed by atoms with van der Waals surface area (Å²) in [5, 5.41) is 0.438. The highest BCUT2D eigenvalue weighted by atomic mass is 35.5. The third-order valence-corrected chi connectivity index (χ3v) is 7.42. The first-order chi connectivity index (χ1) is 12.9. The molecule has 0 atom stereocenters. The molecule has 4 rings (SSSR count). The standard InChI is InChI=1S/C20H22ClN3O2S/c1-15-22-19-7-2-3-8-20(19)24(15)14-16-9-11-23(12-10-16)27(25,26)18-6-4-5-17(21)13-18/h2-8,13,16H,9-12,14H2,1H3. The van der Waals surface area contributed by atoms with E-state index >= 15 is 0 Å². The molecule has 142 valence electrons. The topological polar surface area (TPSA) is 55.2 Å². The summed E-state index contributed by atoms with van der Waals surface area (Å²) >= 11 is 5.96. The van der Waals surface area contributed by atoms with Gasteiger partial charge in [-0.1, -0.05) is 29.8 Å². The maximum atomic E-state index is 12.8. The van der Waals surface area contributed by atoms with Crippen molar-refractivity contribution in [3.05, 3.63) is 59.4 Å². The van der Waals surface area contributed by atoms with E-state index in [4.69, 9.17) is 11.6 Å². The molecule has 1 aliphatic rings. The number of halogens is 1. The molecule has 2 heterocycles. The van der Waals surface area contributed by atoms with E-state index in [9.17, 15) is 8.42 Å². The van der Waals surface area contributed by atoms with Crippen LogP contribution in [0.2, 0.25) is 5.02 Å². The molecule has 1 aliphatic heterocycles. The summed E-state index contributed by atoms with van der Waals surface area (Å²) in [6, 6.07) is 14.6. The Labute approximate surface area is 164 Å². The molecule has 1 saturated heterocycles. The van der Waals surface area contributed by atoms with Crippen molar-refractivity contribution in [3.8, 4) is 0 Å². The van der Waals surface area contributed by atoms with Gasteiger partial charge in [0.1, 0.15) is 5.82 Å². The van der Waals surface area contributed by atoms with Crippen LogP contribution >= 0.6 is 11.6 Å². The number of hydrogen-bond donors (Lipinski definition) is 0. The van der Waals surface area contributed by atoms with Crippen molar-refractivity contribution in [2.75, 3.05) is 13.1 Å². The Bertz CT molecular complexity index is 1070. The van der Waals surface area contributed by atoms with Crippen LogP contribution in [0.25, 0.3) is 11.0 Å². The maximum absolute atomic E-state index is 12.8. The lowest BCUT2D eigenvalue weighted by molar-refractivity contribution is 0.253. The van der Waals surface area contributed by atoms with Crippen LogP contribution in [-0.4, -0.2) is 35.4 Å². The van der Waals surface area contributed by atoms with Crippen molar-refractivity contribution in [2.24, 2.45) is 5.92 Å². The van der Waals surface area contributed by atoms with Gasteiger partial charge in [-0.05, 0) is 56.0 Å². The van der Waals surface area contributed by atoms with Gasteiger partial charge in [0.15, 0.2) is 0 Å². The van der Waals surface area contributed by atoms with Gasteiger partial charge < -0.3 is 4.57 Å². The number of aryl methyl sites for hydroxylation is 1. The fourth-order valence-electron chi connectivity index (χ4n) is 3.79. The number of piperidine rings is 1. The van der Waals surface area contributed by atoms with Crippen molar-refractivity contribution in [1.29, 1.82) is 0 Å². The molecule has 0 spiro atoms. The Morgan fingerprint density at radius 1 is 1.11 bits per heavy atom. The summed E-state index contributed by atoms with van der Waals surface area (Å²) in [6.07, 6.45) is 1.68. The zero-order chi connectivity index (χ0) is 19.0. The van der Waals surface area contributed by atoms with E-state index in [-0.39, 0.29) is 4.90 Å². The molecular weight excluding hydrogens is 382 g/mol. The van der Waals surface area contributed by atoms with E-state index in [1.54, 1.807) is 22.5 Å².